The number of aromatic nitrogens is 3. The van der Waals surface area contributed by atoms with E-state index in [1.165, 1.54) is 11.8 Å². The summed E-state index contributed by atoms with van der Waals surface area (Å²) in [5, 5.41) is 10.1. The van der Waals surface area contributed by atoms with Gasteiger partial charge in [0.2, 0.25) is 0 Å². The van der Waals surface area contributed by atoms with E-state index in [1.807, 2.05) is 0 Å². The van der Waals surface area contributed by atoms with Crippen LogP contribution in [0.15, 0.2) is 41.7 Å². The minimum absolute atomic E-state index is 0.0217. The predicted molar refractivity (Wildman–Crippen MR) is 89.5 cm³/mol. The Kier molecular flexibility index (Phi) is 4.59. The fourth-order valence-electron chi connectivity index (χ4n) is 1.85. The Morgan fingerprint density at radius 1 is 1.09 bits per heavy atom. The molecule has 1 aromatic carbocycles. The second kappa shape index (κ2) is 6.46. The predicted octanol–water partition coefficient (Wildman–Crippen LogP) is 4.66. The van der Waals surface area contributed by atoms with Crippen LogP contribution in [0, 0.1) is 0 Å². The maximum atomic E-state index is 12.1. The van der Waals surface area contributed by atoms with Gasteiger partial charge in [-0.1, -0.05) is 46.6 Å². The molecule has 0 aliphatic rings. The monoisotopic (exact) mass is 371 g/mol. The molecule has 0 spiro atoms. The lowest BCUT2D eigenvalue weighted by molar-refractivity contribution is 0.102. The number of nitrogens with zero attached hydrogens (tertiary/aromatic N) is 3. The van der Waals surface area contributed by atoms with Gasteiger partial charge in [-0.25, -0.2) is 0 Å². The number of benzene rings is 1. The topological polar surface area (TPSA) is 47.3 Å². The summed E-state index contributed by atoms with van der Waals surface area (Å²) in [4.78, 5) is 12.1. The van der Waals surface area contributed by atoms with Crippen LogP contribution in [0.5, 0.6) is 0 Å². The summed E-state index contributed by atoms with van der Waals surface area (Å²) in [5.74, 6) is 0.207. The van der Waals surface area contributed by atoms with Crippen LogP contribution in [0.4, 0.5) is 0 Å². The molecule has 22 heavy (non-hydrogen) atoms. The van der Waals surface area contributed by atoms with Crippen molar-refractivity contribution in [2.75, 3.05) is 5.75 Å². The molecule has 3 rings (SSSR count). The van der Waals surface area contributed by atoms with Gasteiger partial charge in [-0.2, -0.15) is 0 Å². The first-order valence-electron chi connectivity index (χ1n) is 6.16. The normalized spacial score (nSPS) is 11.0. The molecular weight excluding hydrogens is 365 g/mol. The van der Waals surface area contributed by atoms with Crippen molar-refractivity contribution in [1.82, 2.24) is 14.6 Å². The number of carbonyl (C=O) groups excluding carboxylic acids is 1. The van der Waals surface area contributed by atoms with E-state index >= 15 is 0 Å². The number of halogens is 3. The molecule has 0 aliphatic heterocycles. The van der Waals surface area contributed by atoms with Gasteiger partial charge in [-0.3, -0.25) is 9.20 Å². The summed E-state index contributed by atoms with van der Waals surface area (Å²) < 4.78 is 1.67. The second-order valence-corrected chi connectivity index (χ2v) is 6.62. The zero-order valence-electron chi connectivity index (χ0n) is 11.0. The lowest BCUT2D eigenvalue weighted by Crippen LogP contribution is -2.02. The maximum absolute atomic E-state index is 12.1. The van der Waals surface area contributed by atoms with Crippen molar-refractivity contribution in [1.29, 1.82) is 0 Å². The van der Waals surface area contributed by atoms with Crippen molar-refractivity contribution in [3.8, 4) is 0 Å². The van der Waals surface area contributed by atoms with Gasteiger partial charge in [-0.15, -0.1) is 10.2 Å². The number of hydrogen-bond donors (Lipinski definition) is 0. The van der Waals surface area contributed by atoms with Crippen molar-refractivity contribution >= 4 is 58.0 Å². The van der Waals surface area contributed by atoms with Crippen LogP contribution in [0.2, 0.25) is 15.1 Å². The molecular formula is C14H8Cl3N3OS. The van der Waals surface area contributed by atoms with Crippen molar-refractivity contribution < 1.29 is 4.79 Å². The van der Waals surface area contributed by atoms with Gasteiger partial charge in [0.1, 0.15) is 0 Å². The van der Waals surface area contributed by atoms with Crippen LogP contribution < -0.4 is 0 Å². The van der Waals surface area contributed by atoms with E-state index in [4.69, 9.17) is 34.8 Å². The Morgan fingerprint density at radius 3 is 2.55 bits per heavy atom. The van der Waals surface area contributed by atoms with E-state index in [-0.39, 0.29) is 11.5 Å². The lowest BCUT2D eigenvalue weighted by atomic mass is 10.1. The summed E-state index contributed by atoms with van der Waals surface area (Å²) in [6.07, 6.45) is 1.66. The summed E-state index contributed by atoms with van der Waals surface area (Å²) in [6, 6.07) is 8.36. The lowest BCUT2D eigenvalue weighted by Gasteiger charge is -2.02. The van der Waals surface area contributed by atoms with Gasteiger partial charge in [-0.05, 0) is 30.3 Å². The molecule has 0 atom stereocenters. The summed E-state index contributed by atoms with van der Waals surface area (Å²) in [5.41, 5.74) is 1.11. The van der Waals surface area contributed by atoms with Gasteiger partial charge < -0.3 is 0 Å². The van der Waals surface area contributed by atoms with Crippen molar-refractivity contribution in [2.24, 2.45) is 0 Å². The molecule has 4 nitrogen and oxygen atoms in total. The molecule has 0 bridgehead atoms. The third-order valence-electron chi connectivity index (χ3n) is 2.89. The molecule has 0 fully saturated rings. The van der Waals surface area contributed by atoms with E-state index in [1.54, 1.807) is 40.9 Å². The fourth-order valence-corrected chi connectivity index (χ4v) is 3.29. The number of Topliss-reactive ketones (excluding diaryl/α,β-unsaturated/α-hetero) is 1. The zero-order chi connectivity index (χ0) is 15.7. The summed E-state index contributed by atoms with van der Waals surface area (Å²) in [7, 11) is 0. The zero-order valence-corrected chi connectivity index (χ0v) is 14.0. The van der Waals surface area contributed by atoms with E-state index in [2.05, 4.69) is 10.2 Å². The van der Waals surface area contributed by atoms with Crippen molar-refractivity contribution in [3.05, 3.63) is 57.2 Å². The minimum atomic E-state index is -0.0217. The highest BCUT2D eigenvalue weighted by Crippen LogP contribution is 2.25. The molecule has 0 unspecified atom stereocenters. The molecule has 112 valence electrons. The summed E-state index contributed by atoms with van der Waals surface area (Å²) in [6.45, 7) is 0. The number of carbonyl (C=O) groups is 1. The number of fused-ring (bicyclic) bond motifs is 1. The van der Waals surface area contributed by atoms with E-state index in [9.17, 15) is 4.79 Å². The quantitative estimate of drug-likeness (QED) is 0.493. The Hall–Kier alpha value is -1.27. The average Bonchev–Trinajstić information content (AvgIpc) is 2.89. The molecule has 0 radical (unpaired) electrons. The average molecular weight is 373 g/mol. The van der Waals surface area contributed by atoms with Crippen LogP contribution in [0.1, 0.15) is 10.4 Å². The number of ketones is 1. The first-order valence-corrected chi connectivity index (χ1v) is 8.28. The smallest absolute Gasteiger partial charge is 0.196 e. The minimum Gasteiger partial charge on any atom is -0.293 e. The molecule has 0 saturated heterocycles. The molecule has 2 heterocycles. The van der Waals surface area contributed by atoms with Gasteiger partial charge in [0.15, 0.2) is 16.6 Å². The van der Waals surface area contributed by atoms with Crippen LogP contribution in [-0.2, 0) is 0 Å². The van der Waals surface area contributed by atoms with Crippen LogP contribution in [0.25, 0.3) is 5.65 Å². The Labute approximate surface area is 145 Å². The maximum Gasteiger partial charge on any atom is 0.196 e. The first-order chi connectivity index (χ1) is 10.5. The van der Waals surface area contributed by atoms with Gasteiger partial charge >= 0.3 is 0 Å². The second-order valence-electron chi connectivity index (χ2n) is 4.40. The third kappa shape index (κ3) is 3.22. The fraction of sp³-hybridized carbons (Fsp3) is 0.0714. The highest BCUT2D eigenvalue weighted by Gasteiger charge is 2.13. The SMILES string of the molecule is O=C(CSc1nnc2c(Cl)cc(Cl)cn12)c1ccc(Cl)cc1. The van der Waals surface area contributed by atoms with Gasteiger partial charge in [0, 0.05) is 16.8 Å². The number of pyridine rings is 1. The standard InChI is InChI=1S/C14H8Cl3N3OS/c15-9-3-1-8(2-4-9)12(21)7-22-14-19-18-13-11(17)5-10(16)6-20(13)14/h1-6H,7H2. The van der Waals surface area contributed by atoms with Crippen LogP contribution in [0.3, 0.4) is 0 Å². The summed E-state index contributed by atoms with van der Waals surface area (Å²) >= 11 is 19.1. The molecule has 0 N–H and O–H groups in total. The third-order valence-corrected chi connectivity index (χ3v) is 4.57. The van der Waals surface area contributed by atoms with Crippen LogP contribution in [-0.4, -0.2) is 26.1 Å². The first kappa shape index (κ1) is 15.6. The molecule has 0 aliphatic carbocycles. The largest absolute Gasteiger partial charge is 0.293 e. The molecule has 0 saturated carbocycles. The number of thioether (sulfide) groups is 1. The highest BCUT2D eigenvalue weighted by molar-refractivity contribution is 7.99. The Morgan fingerprint density at radius 2 is 1.82 bits per heavy atom. The Balaban J connectivity index is 1.79. The van der Waals surface area contributed by atoms with E-state index in [0.29, 0.717) is 31.4 Å². The van der Waals surface area contributed by atoms with E-state index in [0.717, 1.165) is 0 Å². The molecule has 0 amide bonds. The number of hydrogen-bond acceptors (Lipinski definition) is 4. The highest BCUT2D eigenvalue weighted by atomic mass is 35.5. The molecule has 3 aromatic rings. The Bertz CT molecular complexity index is 848. The number of rotatable bonds is 4. The van der Waals surface area contributed by atoms with Crippen molar-refractivity contribution in [3.63, 3.8) is 0 Å². The van der Waals surface area contributed by atoms with Crippen LogP contribution >= 0.6 is 46.6 Å². The molecule has 8 heteroatoms. The van der Waals surface area contributed by atoms with Crippen molar-refractivity contribution in [2.45, 2.75) is 5.16 Å². The van der Waals surface area contributed by atoms with Gasteiger partial charge in [0.05, 0.1) is 15.8 Å². The van der Waals surface area contributed by atoms with E-state index < -0.39 is 0 Å². The molecule has 2 aromatic heterocycles. The van der Waals surface area contributed by atoms with Gasteiger partial charge in [0.25, 0.3) is 0 Å².